The smallest absolute Gasteiger partial charge is 0.326 e. The Labute approximate surface area is 294 Å². The van der Waals surface area contributed by atoms with Crippen LogP contribution in [0.5, 0.6) is 11.5 Å². The van der Waals surface area contributed by atoms with Gasteiger partial charge in [-0.2, -0.15) is 0 Å². The number of carbonyl (C=O) groups is 2. The van der Waals surface area contributed by atoms with Crippen molar-refractivity contribution in [3.8, 4) is 31.7 Å². The van der Waals surface area contributed by atoms with Crippen molar-refractivity contribution in [1.82, 2.24) is 4.90 Å². The topological polar surface area (TPSA) is 79.3 Å². The van der Waals surface area contributed by atoms with Crippen molar-refractivity contribution >= 4 is 75.5 Å². The Morgan fingerprint density at radius 2 is 1.79 bits per heavy atom. The summed E-state index contributed by atoms with van der Waals surface area (Å²) in [6.07, 6.45) is 6.58. The lowest BCUT2D eigenvalue weighted by atomic mass is 9.80. The number of amides is 1. The molecule has 3 aliphatic heterocycles. The van der Waals surface area contributed by atoms with Crippen LogP contribution in [0.3, 0.4) is 0 Å². The average molecular weight is 713 g/mol. The van der Waals surface area contributed by atoms with E-state index < -0.39 is 12.0 Å². The van der Waals surface area contributed by atoms with Crippen LogP contribution in [0, 0.1) is 17.3 Å². The number of fused-ring (bicyclic) bond motifs is 5. The first-order chi connectivity index (χ1) is 23.4. The highest BCUT2D eigenvalue weighted by atomic mass is 32.2. The number of aliphatic carboxylic acids is 1. The van der Waals surface area contributed by atoms with E-state index in [-0.39, 0.29) is 10.6 Å². The van der Waals surface area contributed by atoms with Crippen molar-refractivity contribution in [3.05, 3.63) is 76.0 Å². The first-order valence-electron chi connectivity index (χ1n) is 16.4. The summed E-state index contributed by atoms with van der Waals surface area (Å²) in [7, 11) is 0. The highest BCUT2D eigenvalue weighted by Gasteiger charge is 2.82. The first-order valence-corrected chi connectivity index (χ1v) is 20.2. The highest BCUT2D eigenvalue weighted by molar-refractivity contribution is 8.19. The van der Waals surface area contributed by atoms with Crippen LogP contribution >= 0.6 is 46.2 Å². The lowest BCUT2D eigenvalue weighted by molar-refractivity contribution is -0.146. The Morgan fingerprint density at radius 1 is 1.02 bits per heavy atom. The summed E-state index contributed by atoms with van der Waals surface area (Å²) in [5, 5.41) is 9.56. The van der Waals surface area contributed by atoms with Crippen molar-refractivity contribution < 1.29 is 24.2 Å². The molecule has 2 aromatic heterocycles. The number of para-hydroxylation sites is 1. The number of thioether (sulfide) groups is 2. The van der Waals surface area contributed by atoms with E-state index in [0.29, 0.717) is 35.5 Å². The number of carbonyl (C=O) groups excluding carboxylic acids is 1. The molecule has 1 N–H and O–H groups in total. The van der Waals surface area contributed by atoms with Crippen molar-refractivity contribution in [3.63, 3.8) is 0 Å². The minimum Gasteiger partial charge on any atom is -0.485 e. The third kappa shape index (κ3) is 4.01. The van der Waals surface area contributed by atoms with Crippen LogP contribution < -0.4 is 14.4 Å². The van der Waals surface area contributed by atoms with E-state index >= 15 is 0 Å². The number of anilines is 2. The summed E-state index contributed by atoms with van der Waals surface area (Å²) in [6, 6.07) is 21.9. The minimum atomic E-state index is -1.01. The predicted molar refractivity (Wildman–Crippen MR) is 195 cm³/mol. The summed E-state index contributed by atoms with van der Waals surface area (Å²) >= 11 is 6.16. The molecule has 7 unspecified atom stereocenters. The second kappa shape index (κ2) is 10.6. The van der Waals surface area contributed by atoms with Gasteiger partial charge in [0.1, 0.15) is 24.0 Å². The van der Waals surface area contributed by atoms with Crippen molar-refractivity contribution in [2.45, 2.75) is 42.5 Å². The number of thiophene rings is 2. The van der Waals surface area contributed by atoms with Crippen LogP contribution in [-0.4, -0.2) is 58.1 Å². The third-order valence-electron chi connectivity index (χ3n) is 11.3. The Hall–Kier alpha value is -3.38. The molecule has 7 atom stereocenters. The molecular formula is C37H32N2O5S4. The SMILES string of the molecule is CSC1S/C(=C\c2ccc(-c3sc(-c4ccc(N5c6ccccc6C6C7CC8(CC78)C65)cc4)c4c3OCCO4)s2)C(=O)N1C(C)C(=O)O. The number of ether oxygens (including phenoxy) is 2. The van der Waals surface area contributed by atoms with Crippen LogP contribution in [0.4, 0.5) is 11.4 Å². The molecule has 11 heteroatoms. The zero-order chi connectivity index (χ0) is 32.5. The molecule has 1 saturated heterocycles. The zero-order valence-electron chi connectivity index (χ0n) is 26.3. The fraction of sp³-hybridized carbons (Fsp3) is 0.351. The van der Waals surface area contributed by atoms with Gasteiger partial charge in [-0.15, -0.1) is 34.4 Å². The second-order valence-corrected chi connectivity index (χ2v) is 18.0. The van der Waals surface area contributed by atoms with E-state index in [9.17, 15) is 14.7 Å². The average Bonchev–Trinajstić information content (AvgIpc) is 3.78. The molecule has 6 aliphatic rings. The third-order valence-corrected chi connectivity index (χ3v) is 16.2. The van der Waals surface area contributed by atoms with E-state index in [2.05, 4.69) is 59.5 Å². The first kappa shape index (κ1) is 29.5. The van der Waals surface area contributed by atoms with Gasteiger partial charge in [0.05, 0.1) is 14.7 Å². The monoisotopic (exact) mass is 712 g/mol. The number of carboxylic acid groups (broad SMARTS) is 1. The standard InChI is InChI=1S/C37H32N2O5S4/c1-18(35(41)42)38-34(40)27(47-36(38)45-2)15-21-11-12-26(46-21)32-30-29(43-13-14-44-30)31(48-32)19-7-9-20(10-8-19)39-25-6-4-3-5-22(25)28-23-16-37(33(28)39)17-24(23)37/h3-12,15,18,23-24,28,33,36H,13-14,16-17H2,1-2H3,(H,41,42)/b27-15-. The number of hydrogen-bond acceptors (Lipinski definition) is 9. The summed E-state index contributed by atoms with van der Waals surface area (Å²) < 4.78 is 12.2. The highest BCUT2D eigenvalue weighted by Crippen LogP contribution is 2.86. The number of nitrogens with zero attached hydrogens (tertiary/aromatic N) is 2. The fourth-order valence-electron chi connectivity index (χ4n) is 9.20. The van der Waals surface area contributed by atoms with E-state index in [4.69, 9.17) is 9.47 Å². The second-order valence-electron chi connectivity index (χ2n) is 13.6. The molecule has 2 aromatic carbocycles. The van der Waals surface area contributed by atoms with Gasteiger partial charge in [-0.25, -0.2) is 4.79 Å². The molecule has 0 radical (unpaired) electrons. The van der Waals surface area contributed by atoms with Gasteiger partial charge in [0.2, 0.25) is 0 Å². The number of carboxylic acids is 1. The van der Waals surface area contributed by atoms with Crippen LogP contribution in [-0.2, 0) is 9.59 Å². The van der Waals surface area contributed by atoms with Crippen molar-refractivity contribution in [1.29, 1.82) is 0 Å². The maximum Gasteiger partial charge on any atom is 0.326 e. The van der Waals surface area contributed by atoms with Gasteiger partial charge in [-0.1, -0.05) is 42.1 Å². The lowest BCUT2D eigenvalue weighted by Gasteiger charge is -2.34. The summed E-state index contributed by atoms with van der Waals surface area (Å²) in [5.74, 6) is 2.81. The maximum atomic E-state index is 13.2. The van der Waals surface area contributed by atoms with Crippen molar-refractivity contribution in [2.75, 3.05) is 24.4 Å². The van der Waals surface area contributed by atoms with E-state index in [1.54, 1.807) is 35.2 Å². The summed E-state index contributed by atoms with van der Waals surface area (Å²) in [5.41, 5.74) is 5.84. The van der Waals surface area contributed by atoms with E-state index in [0.717, 1.165) is 48.4 Å². The van der Waals surface area contributed by atoms with Crippen LogP contribution in [0.15, 0.2) is 65.6 Å². The van der Waals surface area contributed by atoms with Gasteiger partial charge >= 0.3 is 5.97 Å². The predicted octanol–water partition coefficient (Wildman–Crippen LogP) is 8.59. The lowest BCUT2D eigenvalue weighted by Crippen LogP contribution is -2.43. The minimum absolute atomic E-state index is 0.241. The van der Waals surface area contributed by atoms with E-state index in [1.165, 1.54) is 52.6 Å². The quantitative estimate of drug-likeness (QED) is 0.191. The van der Waals surface area contributed by atoms with Gasteiger partial charge in [0, 0.05) is 33.1 Å². The molecule has 5 heterocycles. The molecule has 7 nitrogen and oxygen atoms in total. The van der Waals surface area contributed by atoms with E-state index in [1.807, 2.05) is 18.4 Å². The summed E-state index contributed by atoms with van der Waals surface area (Å²) in [4.78, 5) is 33.6. The number of benzene rings is 2. The largest absolute Gasteiger partial charge is 0.485 e. The van der Waals surface area contributed by atoms with Crippen LogP contribution in [0.25, 0.3) is 26.3 Å². The Balaban J connectivity index is 0.959. The Morgan fingerprint density at radius 3 is 2.54 bits per heavy atom. The molecule has 3 saturated carbocycles. The van der Waals surface area contributed by atoms with Gasteiger partial charge in [0.15, 0.2) is 11.5 Å². The summed E-state index contributed by atoms with van der Waals surface area (Å²) in [6.45, 7) is 2.57. The molecule has 0 spiro atoms. The maximum absolute atomic E-state index is 13.2. The molecule has 48 heavy (non-hydrogen) atoms. The van der Waals surface area contributed by atoms with Gasteiger partial charge in [-0.3, -0.25) is 4.79 Å². The molecule has 4 aromatic rings. The molecule has 3 aliphatic carbocycles. The number of hydrogen-bond donors (Lipinski definition) is 1. The van der Waals surface area contributed by atoms with Crippen LogP contribution in [0.1, 0.15) is 36.1 Å². The van der Waals surface area contributed by atoms with Gasteiger partial charge in [-0.05, 0) is 90.8 Å². The molecule has 4 fully saturated rings. The van der Waals surface area contributed by atoms with Gasteiger partial charge < -0.3 is 24.4 Å². The molecular weight excluding hydrogens is 681 g/mol. The molecule has 2 bridgehead atoms. The normalized spacial score (nSPS) is 30.2. The zero-order valence-corrected chi connectivity index (χ0v) is 29.5. The molecule has 10 rings (SSSR count). The Bertz CT molecular complexity index is 2050. The Kier molecular flexibility index (Phi) is 6.50. The number of rotatable bonds is 7. The fourth-order valence-corrected chi connectivity index (χ4v) is 13.7. The van der Waals surface area contributed by atoms with Crippen molar-refractivity contribution in [2.24, 2.45) is 17.3 Å². The molecule has 1 amide bonds. The van der Waals surface area contributed by atoms with Crippen LogP contribution in [0.2, 0.25) is 0 Å². The van der Waals surface area contributed by atoms with Gasteiger partial charge in [0.25, 0.3) is 5.91 Å². The molecule has 244 valence electrons.